The molecule has 1 aromatic carbocycles. The molecule has 1 aromatic heterocycles. The maximum absolute atomic E-state index is 6.26. The van der Waals surface area contributed by atoms with Crippen LogP contribution in [0.1, 0.15) is 18.3 Å². The van der Waals surface area contributed by atoms with E-state index in [-0.39, 0.29) is 0 Å². The Morgan fingerprint density at radius 1 is 1.33 bits per heavy atom. The first-order chi connectivity index (χ1) is 8.61. The summed E-state index contributed by atoms with van der Waals surface area (Å²) in [5.74, 6) is 0.839. The van der Waals surface area contributed by atoms with Gasteiger partial charge in [-0.15, -0.1) is 0 Å². The summed E-state index contributed by atoms with van der Waals surface area (Å²) in [6.07, 6.45) is 0.830. The fraction of sp³-hybridized carbons (Fsp3) is 0.308. The van der Waals surface area contributed by atoms with Crippen molar-refractivity contribution in [2.24, 2.45) is 7.05 Å². The Bertz CT molecular complexity index is 537. The monoisotopic (exact) mass is 376 g/mol. The number of benzene rings is 1. The Balaban J connectivity index is 2.10. The van der Waals surface area contributed by atoms with Gasteiger partial charge in [-0.3, -0.25) is 4.68 Å². The normalized spacial score (nSPS) is 10.7. The van der Waals surface area contributed by atoms with Crippen molar-refractivity contribution in [2.45, 2.75) is 20.0 Å². The minimum atomic E-state index is 0.433. The van der Waals surface area contributed by atoms with E-state index in [1.165, 1.54) is 3.57 Å². The smallest absolute Gasteiger partial charge is 0.131 e. The molecule has 96 valence electrons. The van der Waals surface area contributed by atoms with Gasteiger partial charge in [0, 0.05) is 10.6 Å². The van der Waals surface area contributed by atoms with Gasteiger partial charge in [-0.05, 0) is 53.3 Å². The van der Waals surface area contributed by atoms with E-state index in [1.807, 2.05) is 38.2 Å². The molecule has 0 fully saturated rings. The Morgan fingerprint density at radius 2 is 2.00 bits per heavy atom. The highest BCUT2D eigenvalue weighted by Gasteiger charge is 2.13. The van der Waals surface area contributed by atoms with Gasteiger partial charge in [0.2, 0.25) is 0 Å². The van der Waals surface area contributed by atoms with Crippen molar-refractivity contribution in [1.82, 2.24) is 9.78 Å². The van der Waals surface area contributed by atoms with E-state index >= 15 is 0 Å². The van der Waals surface area contributed by atoms with Crippen LogP contribution in [0.15, 0.2) is 24.3 Å². The summed E-state index contributed by atoms with van der Waals surface area (Å²) in [7, 11) is 1.89. The summed E-state index contributed by atoms with van der Waals surface area (Å²) >= 11 is 8.52. The van der Waals surface area contributed by atoms with E-state index in [2.05, 4.69) is 27.7 Å². The third-order valence-corrected chi connectivity index (χ3v) is 3.85. The molecule has 0 bridgehead atoms. The third-order valence-electron chi connectivity index (χ3n) is 2.69. The molecule has 1 heterocycles. The predicted molar refractivity (Wildman–Crippen MR) is 81.1 cm³/mol. The molecule has 2 aromatic rings. The maximum atomic E-state index is 6.26. The lowest BCUT2D eigenvalue weighted by Gasteiger charge is -2.07. The average Bonchev–Trinajstić information content (AvgIpc) is 2.64. The van der Waals surface area contributed by atoms with Crippen LogP contribution in [0.2, 0.25) is 5.02 Å². The van der Waals surface area contributed by atoms with Crippen molar-refractivity contribution < 1.29 is 4.74 Å². The first kappa shape index (κ1) is 13.7. The fourth-order valence-electron chi connectivity index (χ4n) is 1.66. The number of aryl methyl sites for hydroxylation is 2. The van der Waals surface area contributed by atoms with Crippen LogP contribution in [0, 0.1) is 3.57 Å². The summed E-state index contributed by atoms with van der Waals surface area (Å²) in [6, 6.07) is 7.93. The van der Waals surface area contributed by atoms with Crippen LogP contribution < -0.4 is 4.74 Å². The number of ether oxygens (including phenoxy) is 1. The number of nitrogens with zero attached hydrogens (tertiary/aromatic N) is 2. The molecule has 0 aliphatic heterocycles. The third kappa shape index (κ3) is 2.98. The number of aromatic nitrogens is 2. The van der Waals surface area contributed by atoms with Crippen LogP contribution in [-0.2, 0) is 20.1 Å². The SMILES string of the molecule is CCc1nn(C)c(COc2ccc(I)cc2)c1Cl. The highest BCUT2D eigenvalue weighted by molar-refractivity contribution is 14.1. The molecule has 2 rings (SSSR count). The first-order valence-electron chi connectivity index (χ1n) is 5.70. The van der Waals surface area contributed by atoms with Crippen LogP contribution in [0.4, 0.5) is 0 Å². The summed E-state index contributed by atoms with van der Waals surface area (Å²) in [5.41, 5.74) is 1.83. The average molecular weight is 377 g/mol. The minimum Gasteiger partial charge on any atom is -0.487 e. The van der Waals surface area contributed by atoms with Crippen LogP contribution in [0.5, 0.6) is 5.75 Å². The Kier molecular flexibility index (Phi) is 4.50. The van der Waals surface area contributed by atoms with E-state index in [1.54, 1.807) is 4.68 Å². The van der Waals surface area contributed by atoms with Gasteiger partial charge in [0.1, 0.15) is 12.4 Å². The first-order valence-corrected chi connectivity index (χ1v) is 7.16. The van der Waals surface area contributed by atoms with Crippen LogP contribution in [0.25, 0.3) is 0 Å². The summed E-state index contributed by atoms with van der Waals surface area (Å²) in [6.45, 7) is 2.47. The topological polar surface area (TPSA) is 27.1 Å². The number of rotatable bonds is 4. The summed E-state index contributed by atoms with van der Waals surface area (Å²) in [5, 5.41) is 5.07. The van der Waals surface area contributed by atoms with Gasteiger partial charge in [-0.1, -0.05) is 18.5 Å². The molecular weight excluding hydrogens is 363 g/mol. The van der Waals surface area contributed by atoms with Crippen molar-refractivity contribution in [3.05, 3.63) is 44.2 Å². The maximum Gasteiger partial charge on any atom is 0.131 e. The number of hydrogen-bond acceptors (Lipinski definition) is 2. The fourth-order valence-corrected chi connectivity index (χ4v) is 2.37. The van der Waals surface area contributed by atoms with Crippen molar-refractivity contribution in [3.8, 4) is 5.75 Å². The van der Waals surface area contributed by atoms with Crippen molar-refractivity contribution in [2.75, 3.05) is 0 Å². The molecule has 0 amide bonds. The second-order valence-electron chi connectivity index (χ2n) is 3.93. The van der Waals surface area contributed by atoms with Crippen molar-refractivity contribution in [3.63, 3.8) is 0 Å². The molecule has 0 aliphatic rings. The molecular formula is C13H14ClIN2O. The van der Waals surface area contributed by atoms with Gasteiger partial charge in [0.25, 0.3) is 0 Å². The van der Waals surface area contributed by atoms with Gasteiger partial charge in [0.05, 0.1) is 16.4 Å². The molecule has 0 unspecified atom stereocenters. The Morgan fingerprint density at radius 3 is 2.56 bits per heavy atom. The molecule has 18 heavy (non-hydrogen) atoms. The molecule has 5 heteroatoms. The van der Waals surface area contributed by atoms with Gasteiger partial charge in [-0.2, -0.15) is 5.10 Å². The summed E-state index contributed by atoms with van der Waals surface area (Å²) in [4.78, 5) is 0. The molecule has 0 radical (unpaired) electrons. The van der Waals surface area contributed by atoms with E-state index in [9.17, 15) is 0 Å². The molecule has 3 nitrogen and oxygen atoms in total. The van der Waals surface area contributed by atoms with Gasteiger partial charge >= 0.3 is 0 Å². The largest absolute Gasteiger partial charge is 0.487 e. The van der Waals surface area contributed by atoms with Gasteiger partial charge in [0.15, 0.2) is 0 Å². The predicted octanol–water partition coefficient (Wildman–Crippen LogP) is 3.82. The number of hydrogen-bond donors (Lipinski definition) is 0. The van der Waals surface area contributed by atoms with Gasteiger partial charge in [-0.25, -0.2) is 0 Å². The van der Waals surface area contributed by atoms with Crippen molar-refractivity contribution >= 4 is 34.2 Å². The van der Waals surface area contributed by atoms with Crippen LogP contribution in [-0.4, -0.2) is 9.78 Å². The lowest BCUT2D eigenvalue weighted by Crippen LogP contribution is -2.03. The zero-order chi connectivity index (χ0) is 13.1. The van der Waals surface area contributed by atoms with E-state index in [4.69, 9.17) is 16.3 Å². The summed E-state index contributed by atoms with van der Waals surface area (Å²) < 4.78 is 8.69. The number of halogens is 2. The second kappa shape index (κ2) is 5.93. The molecule has 0 N–H and O–H groups in total. The van der Waals surface area contributed by atoms with E-state index in [0.29, 0.717) is 11.6 Å². The lowest BCUT2D eigenvalue weighted by atomic mass is 10.3. The molecule has 0 saturated heterocycles. The van der Waals surface area contributed by atoms with Crippen LogP contribution in [0.3, 0.4) is 0 Å². The Hall–Kier alpha value is -0.750. The molecule has 0 saturated carbocycles. The van der Waals surface area contributed by atoms with E-state index in [0.717, 1.165) is 23.6 Å². The zero-order valence-corrected chi connectivity index (χ0v) is 13.2. The molecule has 0 aliphatic carbocycles. The quantitative estimate of drug-likeness (QED) is 0.759. The lowest BCUT2D eigenvalue weighted by molar-refractivity contribution is 0.295. The minimum absolute atomic E-state index is 0.433. The molecule has 0 atom stereocenters. The molecule has 0 spiro atoms. The standard InChI is InChI=1S/C13H14ClIN2O/c1-3-11-13(14)12(17(2)16-11)8-18-10-6-4-9(15)5-7-10/h4-7H,3,8H2,1-2H3. The van der Waals surface area contributed by atoms with Crippen LogP contribution >= 0.6 is 34.2 Å². The van der Waals surface area contributed by atoms with E-state index < -0.39 is 0 Å². The van der Waals surface area contributed by atoms with Crippen molar-refractivity contribution in [1.29, 1.82) is 0 Å². The highest BCUT2D eigenvalue weighted by Crippen LogP contribution is 2.22. The van der Waals surface area contributed by atoms with Gasteiger partial charge < -0.3 is 4.74 Å². The zero-order valence-electron chi connectivity index (χ0n) is 10.3. The Labute approximate surface area is 125 Å². The highest BCUT2D eigenvalue weighted by atomic mass is 127. The second-order valence-corrected chi connectivity index (χ2v) is 5.55.